The topological polar surface area (TPSA) is 67.4 Å². The first kappa shape index (κ1) is 14.1. The first-order valence-electron chi connectivity index (χ1n) is 7.04. The van der Waals surface area contributed by atoms with Gasteiger partial charge in [-0.05, 0) is 17.9 Å². The number of methoxy groups -OCH3 is 1. The van der Waals surface area contributed by atoms with Gasteiger partial charge in [-0.25, -0.2) is 14.8 Å². The average Bonchev–Trinajstić information content (AvgIpc) is 3.15. The molecule has 1 unspecified atom stereocenters. The number of anilines is 1. The molecule has 2 aromatic rings. The fourth-order valence-corrected chi connectivity index (χ4v) is 3.32. The third kappa shape index (κ3) is 2.78. The maximum Gasteiger partial charge on any atom is 0.409 e. The van der Waals surface area contributed by atoms with Crippen molar-refractivity contribution in [2.24, 2.45) is 0 Å². The molecule has 0 aromatic carbocycles. The predicted molar refractivity (Wildman–Crippen MR) is 82.8 cm³/mol. The summed E-state index contributed by atoms with van der Waals surface area (Å²) in [5, 5.41) is 6.54. The number of ether oxygens (including phenoxy) is 1. The van der Waals surface area contributed by atoms with E-state index in [9.17, 15) is 4.79 Å². The highest BCUT2D eigenvalue weighted by Gasteiger charge is 2.27. The van der Waals surface area contributed by atoms with E-state index in [-0.39, 0.29) is 12.1 Å². The minimum absolute atomic E-state index is 0.201. The first-order chi connectivity index (χ1) is 10.2. The van der Waals surface area contributed by atoms with Crippen LogP contribution in [-0.4, -0.2) is 47.2 Å². The summed E-state index contributed by atoms with van der Waals surface area (Å²) in [5.74, 6) is 1.71. The summed E-state index contributed by atoms with van der Waals surface area (Å²) in [6.45, 7) is 3.40. The molecule has 0 radical (unpaired) electrons. The van der Waals surface area contributed by atoms with Crippen LogP contribution in [0.15, 0.2) is 11.4 Å². The van der Waals surface area contributed by atoms with Crippen LogP contribution in [-0.2, 0) is 11.2 Å². The largest absolute Gasteiger partial charge is 0.453 e. The van der Waals surface area contributed by atoms with Gasteiger partial charge < -0.3 is 15.0 Å². The number of carbonyl (C=O) groups excluding carboxylic acids is 1. The molecule has 1 N–H and O–H groups in total. The van der Waals surface area contributed by atoms with Crippen LogP contribution in [0, 0.1) is 0 Å². The van der Waals surface area contributed by atoms with Crippen molar-refractivity contribution in [2.75, 3.05) is 25.5 Å². The number of likely N-dealkylation sites (tertiary alicyclic amines) is 1. The van der Waals surface area contributed by atoms with Gasteiger partial charge in [-0.2, -0.15) is 0 Å². The van der Waals surface area contributed by atoms with Crippen LogP contribution in [0.1, 0.15) is 19.2 Å². The molecule has 21 heavy (non-hydrogen) atoms. The predicted octanol–water partition coefficient (Wildman–Crippen LogP) is 2.51. The second-order valence-electron chi connectivity index (χ2n) is 5.03. The molecule has 0 bridgehead atoms. The smallest absolute Gasteiger partial charge is 0.409 e. The van der Waals surface area contributed by atoms with Crippen molar-refractivity contribution in [1.29, 1.82) is 0 Å². The molecule has 1 aliphatic heterocycles. The van der Waals surface area contributed by atoms with Crippen molar-refractivity contribution >= 4 is 33.5 Å². The molecule has 1 fully saturated rings. The molecule has 1 atom stereocenters. The molecule has 0 saturated carbocycles. The number of nitrogens with zero attached hydrogens (tertiary/aromatic N) is 3. The summed E-state index contributed by atoms with van der Waals surface area (Å²) < 4.78 is 4.76. The summed E-state index contributed by atoms with van der Waals surface area (Å²) in [5.41, 5.74) is 0. The molecule has 112 valence electrons. The van der Waals surface area contributed by atoms with Crippen LogP contribution in [0.3, 0.4) is 0 Å². The van der Waals surface area contributed by atoms with Gasteiger partial charge in [-0.1, -0.05) is 6.92 Å². The van der Waals surface area contributed by atoms with Gasteiger partial charge in [0, 0.05) is 25.6 Å². The van der Waals surface area contributed by atoms with E-state index in [0.717, 1.165) is 34.7 Å². The number of hydrogen-bond donors (Lipinski definition) is 1. The zero-order valence-corrected chi connectivity index (χ0v) is 12.9. The molecule has 1 saturated heterocycles. The van der Waals surface area contributed by atoms with Crippen LogP contribution in [0.4, 0.5) is 10.6 Å². The third-order valence-corrected chi connectivity index (χ3v) is 4.46. The van der Waals surface area contributed by atoms with E-state index < -0.39 is 0 Å². The number of nitrogens with one attached hydrogen (secondary N) is 1. The summed E-state index contributed by atoms with van der Waals surface area (Å²) in [7, 11) is 1.41. The van der Waals surface area contributed by atoms with Crippen LogP contribution in [0.25, 0.3) is 10.2 Å². The Morgan fingerprint density at radius 2 is 2.43 bits per heavy atom. The van der Waals surface area contributed by atoms with Crippen LogP contribution in [0.2, 0.25) is 0 Å². The van der Waals surface area contributed by atoms with Crippen molar-refractivity contribution < 1.29 is 9.53 Å². The number of hydrogen-bond acceptors (Lipinski definition) is 6. The molecule has 7 heteroatoms. The maximum absolute atomic E-state index is 11.5. The van der Waals surface area contributed by atoms with E-state index in [2.05, 4.69) is 15.3 Å². The fraction of sp³-hybridized carbons (Fsp3) is 0.500. The Morgan fingerprint density at radius 3 is 3.19 bits per heavy atom. The standard InChI is InChI=1S/C14H18N4O2S/c1-3-11-16-12(10-5-7-21-13(10)17-11)15-9-4-6-18(8-9)14(19)20-2/h5,7,9H,3-4,6,8H2,1-2H3,(H,15,16,17). The van der Waals surface area contributed by atoms with Crippen LogP contribution in [0.5, 0.6) is 0 Å². The minimum atomic E-state index is -0.267. The first-order valence-corrected chi connectivity index (χ1v) is 7.92. The van der Waals surface area contributed by atoms with E-state index in [4.69, 9.17) is 4.74 Å². The summed E-state index contributed by atoms with van der Waals surface area (Å²) >= 11 is 1.62. The Labute approximate surface area is 127 Å². The normalized spacial score (nSPS) is 18.2. The molecule has 6 nitrogen and oxygen atoms in total. The lowest BCUT2D eigenvalue weighted by Crippen LogP contribution is -2.31. The Kier molecular flexibility index (Phi) is 3.92. The summed E-state index contributed by atoms with van der Waals surface area (Å²) in [6, 6.07) is 2.24. The third-order valence-electron chi connectivity index (χ3n) is 3.65. The van der Waals surface area contributed by atoms with Crippen molar-refractivity contribution in [3.8, 4) is 0 Å². The average molecular weight is 306 g/mol. The Balaban J connectivity index is 1.79. The lowest BCUT2D eigenvalue weighted by Gasteiger charge is -2.16. The summed E-state index contributed by atoms with van der Waals surface area (Å²) in [4.78, 5) is 23.4. The van der Waals surface area contributed by atoms with Gasteiger partial charge >= 0.3 is 6.09 Å². The zero-order chi connectivity index (χ0) is 14.8. The molecule has 3 rings (SSSR count). The van der Waals surface area contributed by atoms with Gasteiger partial charge in [-0.15, -0.1) is 11.3 Å². The molecule has 1 amide bonds. The Morgan fingerprint density at radius 1 is 1.57 bits per heavy atom. The number of fused-ring (bicyclic) bond motifs is 1. The second-order valence-corrected chi connectivity index (χ2v) is 5.92. The lowest BCUT2D eigenvalue weighted by atomic mass is 10.2. The lowest BCUT2D eigenvalue weighted by molar-refractivity contribution is 0.133. The van der Waals surface area contributed by atoms with Gasteiger partial charge in [0.15, 0.2) is 0 Å². The maximum atomic E-state index is 11.5. The highest BCUT2D eigenvalue weighted by Crippen LogP contribution is 2.27. The number of aryl methyl sites for hydroxylation is 1. The summed E-state index contributed by atoms with van der Waals surface area (Å²) in [6.07, 6.45) is 1.44. The van der Waals surface area contributed by atoms with E-state index in [1.165, 1.54) is 7.11 Å². The van der Waals surface area contributed by atoms with Crippen molar-refractivity contribution in [1.82, 2.24) is 14.9 Å². The number of thiophene rings is 1. The fourth-order valence-electron chi connectivity index (χ4n) is 2.53. The van der Waals surface area contributed by atoms with E-state index >= 15 is 0 Å². The van der Waals surface area contributed by atoms with Crippen molar-refractivity contribution in [2.45, 2.75) is 25.8 Å². The second kappa shape index (κ2) is 5.85. The zero-order valence-electron chi connectivity index (χ0n) is 12.1. The SMILES string of the molecule is CCc1nc(NC2CCN(C(=O)OC)C2)c2ccsc2n1. The quantitative estimate of drug-likeness (QED) is 0.943. The molecular weight excluding hydrogens is 288 g/mol. The molecule has 1 aliphatic rings. The monoisotopic (exact) mass is 306 g/mol. The Hall–Kier alpha value is -1.89. The molecule has 3 heterocycles. The Bertz CT molecular complexity index is 657. The number of rotatable bonds is 3. The number of aromatic nitrogens is 2. The minimum Gasteiger partial charge on any atom is -0.453 e. The molecule has 2 aromatic heterocycles. The molecular formula is C14H18N4O2S. The van der Waals surface area contributed by atoms with Gasteiger partial charge in [0.05, 0.1) is 12.5 Å². The highest BCUT2D eigenvalue weighted by molar-refractivity contribution is 7.16. The van der Waals surface area contributed by atoms with Crippen LogP contribution < -0.4 is 5.32 Å². The van der Waals surface area contributed by atoms with E-state index in [0.29, 0.717) is 13.1 Å². The van der Waals surface area contributed by atoms with Gasteiger partial charge in [-0.3, -0.25) is 0 Å². The van der Waals surface area contributed by atoms with Gasteiger partial charge in [0.2, 0.25) is 0 Å². The van der Waals surface area contributed by atoms with E-state index in [1.807, 2.05) is 18.4 Å². The molecule has 0 spiro atoms. The van der Waals surface area contributed by atoms with E-state index in [1.54, 1.807) is 16.2 Å². The van der Waals surface area contributed by atoms with Gasteiger partial charge in [0.25, 0.3) is 0 Å². The molecule has 0 aliphatic carbocycles. The van der Waals surface area contributed by atoms with Crippen molar-refractivity contribution in [3.05, 3.63) is 17.3 Å². The van der Waals surface area contributed by atoms with Gasteiger partial charge in [0.1, 0.15) is 16.5 Å². The van der Waals surface area contributed by atoms with Crippen molar-refractivity contribution in [3.63, 3.8) is 0 Å². The number of carbonyl (C=O) groups is 1. The number of amides is 1. The highest BCUT2D eigenvalue weighted by atomic mass is 32.1. The van der Waals surface area contributed by atoms with Crippen LogP contribution >= 0.6 is 11.3 Å².